The van der Waals surface area contributed by atoms with Crippen LogP contribution in [-0.2, 0) is 65.9 Å². The second-order valence-electron chi connectivity index (χ2n) is 17.3. The molecule has 15 heteroatoms. The molecule has 0 spiro atoms. The van der Waals surface area contributed by atoms with Gasteiger partial charge >= 0.3 is 18.2 Å². The lowest BCUT2D eigenvalue weighted by atomic mass is 10.0. The molecule has 0 radical (unpaired) electrons. The van der Waals surface area contributed by atoms with E-state index < -0.39 is 72.1 Å². The average Bonchev–Trinajstić information content (AvgIpc) is 3.74. The number of aromatic amines is 1. The second kappa shape index (κ2) is 24.5. The monoisotopic (exact) mass is 922 g/mol. The number of hydrogen-bond acceptors (Lipinski definition) is 9. The highest BCUT2D eigenvalue weighted by molar-refractivity contribution is 5.96. The topological polar surface area (TPSA) is 206 Å². The van der Waals surface area contributed by atoms with Gasteiger partial charge in [0.15, 0.2) is 0 Å². The Kier molecular flexibility index (Phi) is 17.9. The number of alkyl carbamates (subject to hydrolysis) is 2. The van der Waals surface area contributed by atoms with Crippen molar-refractivity contribution in [3.05, 3.63) is 180 Å². The third-order valence-corrected chi connectivity index (χ3v) is 10.6. The quantitative estimate of drug-likeness (QED) is 0.0339. The molecule has 0 saturated heterocycles. The summed E-state index contributed by atoms with van der Waals surface area (Å²) >= 11 is 0. The Bertz CT molecular complexity index is 2580. The number of aromatic nitrogens is 1. The van der Waals surface area contributed by atoms with Crippen LogP contribution in [0.2, 0.25) is 0 Å². The third-order valence-electron chi connectivity index (χ3n) is 10.6. The maximum absolute atomic E-state index is 14.7. The first-order valence-electron chi connectivity index (χ1n) is 22.5. The molecule has 0 fully saturated rings. The Morgan fingerprint density at radius 3 is 1.59 bits per heavy atom. The van der Waals surface area contributed by atoms with Gasteiger partial charge in [0.1, 0.15) is 36.9 Å². The average molecular weight is 923 g/mol. The number of rotatable bonds is 21. The van der Waals surface area contributed by atoms with E-state index in [1.165, 1.54) is 0 Å². The minimum Gasteiger partial charge on any atom is -0.461 e. The summed E-state index contributed by atoms with van der Waals surface area (Å²) in [5.74, 6) is -2.92. The summed E-state index contributed by atoms with van der Waals surface area (Å²) in [6.07, 6.45) is -0.151. The summed E-state index contributed by atoms with van der Waals surface area (Å²) in [6.45, 7) is 4.94. The van der Waals surface area contributed by atoms with Gasteiger partial charge in [-0.3, -0.25) is 19.2 Å². The summed E-state index contributed by atoms with van der Waals surface area (Å²) in [6, 6.07) is 39.5. The molecule has 0 aliphatic heterocycles. The normalized spacial score (nSPS) is 12.9. The molecule has 5 aromatic carbocycles. The molecular weight excluding hydrogens is 865 g/mol. The highest BCUT2D eigenvalue weighted by atomic mass is 16.6. The molecule has 6 aromatic rings. The van der Waals surface area contributed by atoms with E-state index in [0.717, 1.165) is 33.2 Å². The Hall–Kier alpha value is -7.94. The maximum Gasteiger partial charge on any atom is 0.408 e. The molecule has 6 rings (SSSR count). The van der Waals surface area contributed by atoms with Crippen LogP contribution >= 0.6 is 0 Å². The first kappa shape index (κ1) is 49.5. The molecule has 1 heterocycles. The number of ether oxygens (including phenoxy) is 3. The number of amides is 5. The van der Waals surface area contributed by atoms with Crippen LogP contribution in [0.3, 0.4) is 0 Å². The largest absolute Gasteiger partial charge is 0.461 e. The van der Waals surface area contributed by atoms with Gasteiger partial charge in [-0.2, -0.15) is 0 Å². The fraction of sp³-hybridized carbons (Fsp3) is 0.283. The van der Waals surface area contributed by atoms with E-state index in [0.29, 0.717) is 12.0 Å². The minimum absolute atomic E-state index is 0.000668. The van der Waals surface area contributed by atoms with Gasteiger partial charge in [0.2, 0.25) is 17.7 Å². The predicted molar refractivity (Wildman–Crippen MR) is 257 cm³/mol. The highest BCUT2D eigenvalue weighted by Gasteiger charge is 2.33. The lowest BCUT2D eigenvalue weighted by Gasteiger charge is -2.27. The van der Waals surface area contributed by atoms with Crippen LogP contribution in [0.15, 0.2) is 152 Å². The van der Waals surface area contributed by atoms with E-state index in [1.54, 1.807) is 51.2 Å². The van der Waals surface area contributed by atoms with Gasteiger partial charge < -0.3 is 45.8 Å². The Morgan fingerprint density at radius 2 is 1.00 bits per heavy atom. The van der Waals surface area contributed by atoms with Gasteiger partial charge in [-0.15, -0.1) is 0 Å². The van der Waals surface area contributed by atoms with Crippen molar-refractivity contribution in [3.63, 3.8) is 0 Å². The molecule has 15 nitrogen and oxygen atoms in total. The molecule has 6 N–H and O–H groups in total. The first-order valence-corrected chi connectivity index (χ1v) is 22.5. The number of benzene rings is 5. The fourth-order valence-corrected chi connectivity index (χ4v) is 7.31. The number of carbonyl (C=O) groups is 6. The van der Waals surface area contributed by atoms with Crippen molar-refractivity contribution in [1.82, 2.24) is 31.6 Å². The zero-order valence-corrected chi connectivity index (χ0v) is 38.4. The van der Waals surface area contributed by atoms with E-state index in [-0.39, 0.29) is 32.6 Å². The number of hydrogen-bond donors (Lipinski definition) is 6. The number of fused-ring (bicyclic) bond motifs is 1. The van der Waals surface area contributed by atoms with Crippen molar-refractivity contribution in [2.75, 3.05) is 6.54 Å². The molecule has 68 heavy (non-hydrogen) atoms. The van der Waals surface area contributed by atoms with Gasteiger partial charge in [0, 0.05) is 36.5 Å². The Balaban J connectivity index is 1.24. The van der Waals surface area contributed by atoms with Crippen LogP contribution in [-0.4, -0.2) is 77.2 Å². The van der Waals surface area contributed by atoms with Gasteiger partial charge in [-0.05, 0) is 61.1 Å². The molecule has 1 aromatic heterocycles. The standard InChI is InChI=1S/C53H58N6O9/c1-53(2,3)68-52(65)59-46(31-47(60)66-34-38-22-12-6-13-23-38)50(63)58-45(30-40-32-54-43-27-17-16-26-42(40)43)49(62)57-44(29-37-20-10-5-11-21-37)48(61)56-41(28-36-18-8-4-9-19-36)33-55-51(64)67-35-39-24-14-7-15-25-39/h4-27,32,41,44-46,54H,28-31,33-35H2,1-3H3,(H,55,64)(H,56,61)(H,57,62)(H,58,63)(H,59,65)/t41-,44+,45+,46+/m1/s1. The van der Waals surface area contributed by atoms with E-state index in [2.05, 4.69) is 31.6 Å². The van der Waals surface area contributed by atoms with Crippen molar-refractivity contribution in [2.45, 2.75) is 89.4 Å². The SMILES string of the molecule is CC(C)(C)OC(=O)N[C@@H](CC(=O)OCc1ccccc1)C(=O)N[C@@H](Cc1c[nH]c2ccccc12)C(=O)N[C@@H](Cc1ccccc1)C(=O)N[C@@H](CNC(=O)OCc1ccccc1)Cc1ccccc1. The highest BCUT2D eigenvalue weighted by Crippen LogP contribution is 2.20. The van der Waals surface area contributed by atoms with Crippen molar-refractivity contribution in [3.8, 4) is 0 Å². The van der Waals surface area contributed by atoms with Crippen molar-refractivity contribution in [2.24, 2.45) is 0 Å². The van der Waals surface area contributed by atoms with Crippen molar-refractivity contribution in [1.29, 1.82) is 0 Å². The lowest BCUT2D eigenvalue weighted by Crippen LogP contribution is -2.59. The Labute approximate surface area is 395 Å². The van der Waals surface area contributed by atoms with Crippen LogP contribution in [0.1, 0.15) is 55.0 Å². The lowest BCUT2D eigenvalue weighted by molar-refractivity contribution is -0.147. The molecule has 0 unspecified atom stereocenters. The number of H-pyrrole nitrogens is 1. The maximum atomic E-state index is 14.7. The van der Waals surface area contributed by atoms with Gasteiger partial charge in [0.05, 0.1) is 12.5 Å². The smallest absolute Gasteiger partial charge is 0.408 e. The number of esters is 1. The van der Waals surface area contributed by atoms with Crippen LogP contribution in [0.5, 0.6) is 0 Å². The van der Waals surface area contributed by atoms with Crippen LogP contribution in [0, 0.1) is 0 Å². The number of carbonyl (C=O) groups excluding carboxylic acids is 6. The van der Waals surface area contributed by atoms with Gasteiger partial charge in [-0.25, -0.2) is 9.59 Å². The molecule has 0 bridgehead atoms. The third kappa shape index (κ3) is 16.2. The predicted octanol–water partition coefficient (Wildman–Crippen LogP) is 6.60. The van der Waals surface area contributed by atoms with Crippen molar-refractivity contribution < 1.29 is 43.0 Å². The van der Waals surface area contributed by atoms with Crippen LogP contribution in [0.4, 0.5) is 9.59 Å². The Morgan fingerprint density at radius 1 is 0.515 bits per heavy atom. The summed E-state index contributed by atoms with van der Waals surface area (Å²) < 4.78 is 16.4. The van der Waals surface area contributed by atoms with Gasteiger partial charge in [0.25, 0.3) is 0 Å². The number of nitrogens with one attached hydrogen (secondary N) is 6. The number of para-hydroxylation sites is 1. The molecule has 354 valence electrons. The van der Waals surface area contributed by atoms with Gasteiger partial charge in [-0.1, -0.05) is 140 Å². The fourth-order valence-electron chi connectivity index (χ4n) is 7.31. The molecule has 4 atom stereocenters. The van der Waals surface area contributed by atoms with Crippen molar-refractivity contribution >= 4 is 46.8 Å². The summed E-state index contributed by atoms with van der Waals surface area (Å²) in [5, 5.41) is 14.8. The van der Waals surface area contributed by atoms with E-state index in [9.17, 15) is 28.8 Å². The summed E-state index contributed by atoms with van der Waals surface area (Å²) in [5.41, 5.74) is 3.69. The zero-order valence-electron chi connectivity index (χ0n) is 38.4. The zero-order chi connectivity index (χ0) is 48.3. The van der Waals surface area contributed by atoms with Crippen LogP contribution < -0.4 is 26.6 Å². The summed E-state index contributed by atoms with van der Waals surface area (Å²) in [7, 11) is 0. The summed E-state index contributed by atoms with van der Waals surface area (Å²) in [4.78, 5) is 86.0. The molecule has 5 amide bonds. The van der Waals surface area contributed by atoms with Crippen LogP contribution in [0.25, 0.3) is 10.9 Å². The molecule has 0 saturated carbocycles. The first-order chi connectivity index (χ1) is 32.8. The van der Waals surface area contributed by atoms with E-state index in [4.69, 9.17) is 14.2 Å². The van der Waals surface area contributed by atoms with E-state index >= 15 is 0 Å². The second-order valence-corrected chi connectivity index (χ2v) is 17.3. The minimum atomic E-state index is -1.53. The molecule has 0 aliphatic carbocycles. The molecular formula is C53H58N6O9. The van der Waals surface area contributed by atoms with E-state index in [1.807, 2.05) is 121 Å². The molecule has 0 aliphatic rings.